The Morgan fingerprint density at radius 1 is 1.15 bits per heavy atom. The molecule has 2 aliphatic rings. The molecule has 5 nitrogen and oxygen atoms in total. The molecule has 0 bridgehead atoms. The van der Waals surface area contributed by atoms with Crippen LogP contribution in [0.5, 0.6) is 0 Å². The van der Waals surface area contributed by atoms with Gasteiger partial charge in [0.2, 0.25) is 11.9 Å². The minimum absolute atomic E-state index is 0.0783. The summed E-state index contributed by atoms with van der Waals surface area (Å²) in [7, 11) is 0. The molecule has 1 saturated carbocycles. The van der Waals surface area contributed by atoms with E-state index in [0.29, 0.717) is 12.5 Å². The highest BCUT2D eigenvalue weighted by molar-refractivity contribution is 5.80. The van der Waals surface area contributed by atoms with Gasteiger partial charge in [-0.2, -0.15) is 0 Å². The highest BCUT2D eigenvalue weighted by Crippen LogP contribution is 2.41. The molecule has 1 aromatic carbocycles. The van der Waals surface area contributed by atoms with Gasteiger partial charge in [0.25, 0.3) is 0 Å². The number of benzene rings is 1. The average molecular weight is 354 g/mol. The maximum absolute atomic E-state index is 13.2. The zero-order valence-electron chi connectivity index (χ0n) is 14.7. The van der Waals surface area contributed by atoms with Gasteiger partial charge < -0.3 is 10.2 Å². The molecule has 1 aliphatic heterocycles. The Balaban J connectivity index is 1.46. The van der Waals surface area contributed by atoms with Crippen molar-refractivity contribution in [2.45, 2.75) is 37.6 Å². The van der Waals surface area contributed by atoms with Crippen molar-refractivity contribution in [1.82, 2.24) is 15.3 Å². The summed E-state index contributed by atoms with van der Waals surface area (Å²) in [6.07, 6.45) is 8.15. The lowest BCUT2D eigenvalue weighted by Gasteiger charge is -2.44. The molecule has 136 valence electrons. The van der Waals surface area contributed by atoms with Crippen molar-refractivity contribution < 1.29 is 9.18 Å². The molecule has 6 heteroatoms. The van der Waals surface area contributed by atoms with Crippen LogP contribution < -0.4 is 10.2 Å². The van der Waals surface area contributed by atoms with Gasteiger partial charge in [-0.15, -0.1) is 0 Å². The summed E-state index contributed by atoms with van der Waals surface area (Å²) < 4.78 is 13.2. The summed E-state index contributed by atoms with van der Waals surface area (Å²) in [5.74, 6) is 0.433. The first kappa shape index (κ1) is 16.9. The fourth-order valence-electron chi connectivity index (χ4n) is 3.95. The molecule has 1 aromatic heterocycles. The molecule has 1 amide bonds. The number of anilines is 1. The molecule has 2 heterocycles. The SMILES string of the molecule is O=C(NC1(c2ccc(F)cc2)CCC1)C1CCCN(c2ncccn2)C1. The number of carbonyl (C=O) groups excluding carboxylic acids is 1. The van der Waals surface area contributed by atoms with Crippen LogP contribution in [0.3, 0.4) is 0 Å². The van der Waals surface area contributed by atoms with Gasteiger partial charge >= 0.3 is 0 Å². The fraction of sp³-hybridized carbons (Fsp3) is 0.450. The van der Waals surface area contributed by atoms with E-state index in [9.17, 15) is 9.18 Å². The molecule has 1 N–H and O–H groups in total. The summed E-state index contributed by atoms with van der Waals surface area (Å²) in [5, 5.41) is 3.28. The minimum Gasteiger partial charge on any atom is -0.346 e. The molecule has 4 rings (SSSR count). The topological polar surface area (TPSA) is 58.1 Å². The molecule has 1 atom stereocenters. The lowest BCUT2D eigenvalue weighted by molar-refractivity contribution is -0.128. The van der Waals surface area contributed by atoms with E-state index < -0.39 is 0 Å². The number of nitrogens with zero attached hydrogens (tertiary/aromatic N) is 3. The summed E-state index contributed by atoms with van der Waals surface area (Å²) in [4.78, 5) is 23.7. The quantitative estimate of drug-likeness (QED) is 0.917. The van der Waals surface area contributed by atoms with Gasteiger partial charge in [0.05, 0.1) is 11.5 Å². The Labute approximate surface area is 152 Å². The van der Waals surface area contributed by atoms with Crippen molar-refractivity contribution in [2.75, 3.05) is 18.0 Å². The molecule has 2 fully saturated rings. The third-order valence-corrected chi connectivity index (χ3v) is 5.59. The first-order valence-electron chi connectivity index (χ1n) is 9.26. The van der Waals surface area contributed by atoms with Gasteiger partial charge in [-0.3, -0.25) is 4.79 Å². The van der Waals surface area contributed by atoms with Crippen molar-refractivity contribution >= 4 is 11.9 Å². The molecule has 26 heavy (non-hydrogen) atoms. The van der Waals surface area contributed by atoms with Crippen molar-refractivity contribution in [1.29, 1.82) is 0 Å². The second kappa shape index (κ2) is 7.02. The second-order valence-corrected chi connectivity index (χ2v) is 7.27. The number of halogens is 1. The number of rotatable bonds is 4. The minimum atomic E-state index is -0.337. The van der Waals surface area contributed by atoms with Crippen molar-refractivity contribution in [2.24, 2.45) is 5.92 Å². The van der Waals surface area contributed by atoms with Crippen LogP contribution in [0.4, 0.5) is 10.3 Å². The number of hydrogen-bond acceptors (Lipinski definition) is 4. The number of aromatic nitrogens is 2. The van der Waals surface area contributed by atoms with E-state index in [-0.39, 0.29) is 23.2 Å². The van der Waals surface area contributed by atoms with E-state index in [0.717, 1.165) is 44.2 Å². The largest absolute Gasteiger partial charge is 0.346 e. The van der Waals surface area contributed by atoms with Crippen LogP contribution in [0.15, 0.2) is 42.7 Å². The molecular weight excluding hydrogens is 331 g/mol. The Morgan fingerprint density at radius 2 is 1.88 bits per heavy atom. The highest BCUT2D eigenvalue weighted by atomic mass is 19.1. The average Bonchev–Trinajstić information content (AvgIpc) is 2.66. The number of carbonyl (C=O) groups is 1. The van der Waals surface area contributed by atoms with Crippen molar-refractivity contribution in [3.8, 4) is 0 Å². The van der Waals surface area contributed by atoms with E-state index in [1.54, 1.807) is 30.6 Å². The lowest BCUT2D eigenvalue weighted by atomic mass is 9.71. The summed E-state index contributed by atoms with van der Waals surface area (Å²) in [6.45, 7) is 1.51. The van der Waals surface area contributed by atoms with Crippen LogP contribution in [-0.2, 0) is 10.3 Å². The van der Waals surface area contributed by atoms with Crippen LogP contribution in [0.1, 0.15) is 37.7 Å². The van der Waals surface area contributed by atoms with Crippen LogP contribution in [-0.4, -0.2) is 29.0 Å². The number of piperidine rings is 1. The van der Waals surface area contributed by atoms with E-state index >= 15 is 0 Å². The summed E-state index contributed by atoms with van der Waals surface area (Å²) in [6, 6.07) is 8.31. The molecular formula is C20H23FN4O. The highest BCUT2D eigenvalue weighted by Gasteiger charge is 2.41. The Hall–Kier alpha value is -2.50. The Morgan fingerprint density at radius 3 is 2.54 bits per heavy atom. The fourth-order valence-corrected chi connectivity index (χ4v) is 3.95. The van der Waals surface area contributed by atoms with Gasteiger partial charge in [-0.25, -0.2) is 14.4 Å². The van der Waals surface area contributed by atoms with E-state index in [2.05, 4.69) is 20.2 Å². The third-order valence-electron chi connectivity index (χ3n) is 5.59. The molecule has 1 unspecified atom stereocenters. The van der Waals surface area contributed by atoms with Crippen LogP contribution in [0.25, 0.3) is 0 Å². The predicted molar refractivity (Wildman–Crippen MR) is 97.0 cm³/mol. The van der Waals surface area contributed by atoms with Gasteiger partial charge in [0.1, 0.15) is 5.82 Å². The zero-order chi connectivity index (χ0) is 18.0. The maximum atomic E-state index is 13.2. The lowest BCUT2D eigenvalue weighted by Crippen LogP contribution is -2.54. The van der Waals surface area contributed by atoms with E-state index in [1.165, 1.54) is 12.1 Å². The first-order chi connectivity index (χ1) is 12.7. The molecule has 1 saturated heterocycles. The zero-order valence-corrected chi connectivity index (χ0v) is 14.7. The van der Waals surface area contributed by atoms with Gasteiger partial charge in [-0.05, 0) is 55.9 Å². The monoisotopic (exact) mass is 354 g/mol. The standard InChI is InChI=1S/C20H23FN4O/c21-17-7-5-16(6-8-17)20(9-2-10-20)24-18(26)15-4-1-13-25(14-15)19-22-11-3-12-23-19/h3,5-8,11-12,15H,1-2,4,9-10,13-14H2,(H,24,26). The second-order valence-electron chi connectivity index (χ2n) is 7.27. The maximum Gasteiger partial charge on any atom is 0.225 e. The third kappa shape index (κ3) is 3.28. The van der Waals surface area contributed by atoms with Crippen molar-refractivity contribution in [3.63, 3.8) is 0 Å². The normalized spacial score (nSPS) is 21.7. The van der Waals surface area contributed by atoms with Gasteiger partial charge in [0, 0.05) is 25.5 Å². The molecule has 1 aliphatic carbocycles. The smallest absolute Gasteiger partial charge is 0.225 e. The summed E-state index contributed by atoms with van der Waals surface area (Å²) >= 11 is 0. The number of amides is 1. The predicted octanol–water partition coefficient (Wildman–Crippen LogP) is 3.03. The molecule has 0 radical (unpaired) electrons. The van der Waals surface area contributed by atoms with E-state index in [4.69, 9.17) is 0 Å². The molecule has 2 aromatic rings. The van der Waals surface area contributed by atoms with Crippen molar-refractivity contribution in [3.05, 3.63) is 54.1 Å². The first-order valence-corrected chi connectivity index (χ1v) is 9.26. The van der Waals surface area contributed by atoms with Crippen LogP contribution in [0.2, 0.25) is 0 Å². The van der Waals surface area contributed by atoms with Gasteiger partial charge in [0.15, 0.2) is 0 Å². The van der Waals surface area contributed by atoms with Crippen LogP contribution >= 0.6 is 0 Å². The van der Waals surface area contributed by atoms with Gasteiger partial charge in [-0.1, -0.05) is 12.1 Å². The summed E-state index contributed by atoms with van der Waals surface area (Å²) in [5.41, 5.74) is 0.661. The Kier molecular flexibility index (Phi) is 4.57. The number of nitrogens with one attached hydrogen (secondary N) is 1. The molecule has 0 spiro atoms. The van der Waals surface area contributed by atoms with E-state index in [1.807, 2.05) is 0 Å². The number of hydrogen-bond donors (Lipinski definition) is 1. The van der Waals surface area contributed by atoms with Crippen LogP contribution in [0, 0.1) is 11.7 Å². The Bertz CT molecular complexity index is 761.